The molecule has 1 aliphatic rings. The van der Waals surface area contributed by atoms with Gasteiger partial charge < -0.3 is 4.90 Å². The molecular weight excluding hydrogens is 236 g/mol. The Hall–Kier alpha value is -2.16. The smallest absolute Gasteiger partial charge is 0.255 e. The molecule has 96 valence electrons. The lowest BCUT2D eigenvalue weighted by molar-refractivity contribution is 0.0677. The van der Waals surface area contributed by atoms with Crippen molar-refractivity contribution in [3.8, 4) is 0 Å². The SMILES string of the molecule is C[C@@H]1c2ccccc2CCN1C(=O)c1cccnc1. The van der Waals surface area contributed by atoms with E-state index in [-0.39, 0.29) is 11.9 Å². The zero-order valence-corrected chi connectivity index (χ0v) is 10.9. The van der Waals surface area contributed by atoms with Crippen molar-refractivity contribution in [2.45, 2.75) is 19.4 Å². The number of rotatable bonds is 1. The molecule has 0 unspecified atom stereocenters. The van der Waals surface area contributed by atoms with Crippen LogP contribution in [0.3, 0.4) is 0 Å². The van der Waals surface area contributed by atoms with Gasteiger partial charge in [-0.15, -0.1) is 0 Å². The molecule has 1 aromatic carbocycles. The van der Waals surface area contributed by atoms with Gasteiger partial charge in [0.05, 0.1) is 11.6 Å². The van der Waals surface area contributed by atoms with Crippen LogP contribution in [0.2, 0.25) is 0 Å². The lowest BCUT2D eigenvalue weighted by Gasteiger charge is -2.35. The minimum atomic E-state index is 0.0649. The van der Waals surface area contributed by atoms with Crippen LogP contribution in [0, 0.1) is 0 Å². The predicted octanol–water partition coefficient (Wildman–Crippen LogP) is 2.84. The van der Waals surface area contributed by atoms with Gasteiger partial charge >= 0.3 is 0 Å². The molecular formula is C16H16N2O. The summed E-state index contributed by atoms with van der Waals surface area (Å²) >= 11 is 0. The van der Waals surface area contributed by atoms with E-state index in [0.717, 1.165) is 13.0 Å². The number of fused-ring (bicyclic) bond motifs is 1. The van der Waals surface area contributed by atoms with Gasteiger partial charge in [0.15, 0.2) is 0 Å². The first-order valence-corrected chi connectivity index (χ1v) is 6.56. The standard InChI is InChI=1S/C16H16N2O/c1-12-15-7-3-2-5-13(15)8-10-18(12)16(19)14-6-4-9-17-11-14/h2-7,9,11-12H,8,10H2,1H3/t12-/m1/s1. The molecule has 1 amide bonds. The summed E-state index contributed by atoms with van der Waals surface area (Å²) in [6.07, 6.45) is 4.24. The first-order valence-electron chi connectivity index (χ1n) is 6.56. The number of amides is 1. The second kappa shape index (κ2) is 4.84. The first kappa shape index (κ1) is 11.9. The van der Waals surface area contributed by atoms with Crippen molar-refractivity contribution in [2.75, 3.05) is 6.54 Å². The molecule has 3 rings (SSSR count). The Labute approximate surface area is 112 Å². The Kier molecular flexibility index (Phi) is 3.03. The highest BCUT2D eigenvalue weighted by atomic mass is 16.2. The maximum Gasteiger partial charge on any atom is 0.255 e. The van der Waals surface area contributed by atoms with Crippen molar-refractivity contribution >= 4 is 5.91 Å². The van der Waals surface area contributed by atoms with E-state index in [1.807, 2.05) is 17.0 Å². The quantitative estimate of drug-likeness (QED) is 0.782. The molecule has 0 spiro atoms. The van der Waals surface area contributed by atoms with Crippen LogP contribution in [-0.4, -0.2) is 22.3 Å². The Morgan fingerprint density at radius 1 is 1.26 bits per heavy atom. The van der Waals surface area contributed by atoms with Crippen LogP contribution >= 0.6 is 0 Å². The minimum absolute atomic E-state index is 0.0649. The second-order valence-electron chi connectivity index (χ2n) is 4.87. The van der Waals surface area contributed by atoms with Gasteiger partial charge in [0.2, 0.25) is 0 Å². The number of nitrogens with zero attached hydrogens (tertiary/aromatic N) is 2. The Morgan fingerprint density at radius 3 is 2.89 bits per heavy atom. The van der Waals surface area contributed by atoms with Crippen LogP contribution in [0.25, 0.3) is 0 Å². The number of carbonyl (C=O) groups is 1. The topological polar surface area (TPSA) is 33.2 Å². The highest BCUT2D eigenvalue weighted by molar-refractivity contribution is 5.94. The van der Waals surface area contributed by atoms with Crippen LogP contribution in [-0.2, 0) is 6.42 Å². The third-order valence-corrected chi connectivity index (χ3v) is 3.76. The molecule has 1 aliphatic heterocycles. The molecule has 19 heavy (non-hydrogen) atoms. The number of pyridine rings is 1. The van der Waals surface area contributed by atoms with Crippen molar-refractivity contribution < 1.29 is 4.79 Å². The summed E-state index contributed by atoms with van der Waals surface area (Å²) in [6.45, 7) is 2.86. The van der Waals surface area contributed by atoms with Gasteiger partial charge in [-0.2, -0.15) is 0 Å². The fraction of sp³-hybridized carbons (Fsp3) is 0.250. The van der Waals surface area contributed by atoms with Crippen LogP contribution in [0.4, 0.5) is 0 Å². The summed E-state index contributed by atoms with van der Waals surface area (Å²) in [4.78, 5) is 18.5. The van der Waals surface area contributed by atoms with Crippen LogP contribution in [0.1, 0.15) is 34.5 Å². The number of carbonyl (C=O) groups excluding carboxylic acids is 1. The first-order chi connectivity index (χ1) is 9.27. The van der Waals surface area contributed by atoms with Crippen molar-refractivity contribution in [2.24, 2.45) is 0 Å². The van der Waals surface area contributed by atoms with E-state index in [4.69, 9.17) is 0 Å². The molecule has 0 bridgehead atoms. The number of aromatic nitrogens is 1. The summed E-state index contributed by atoms with van der Waals surface area (Å²) in [5.41, 5.74) is 3.27. The molecule has 0 radical (unpaired) electrons. The zero-order valence-electron chi connectivity index (χ0n) is 10.9. The number of hydrogen-bond donors (Lipinski definition) is 0. The lowest BCUT2D eigenvalue weighted by atomic mass is 9.93. The van der Waals surface area contributed by atoms with Crippen molar-refractivity contribution in [3.63, 3.8) is 0 Å². The Bertz CT molecular complexity index is 595. The van der Waals surface area contributed by atoms with Gasteiger partial charge in [-0.3, -0.25) is 9.78 Å². The second-order valence-corrected chi connectivity index (χ2v) is 4.87. The van der Waals surface area contributed by atoms with Crippen LogP contribution < -0.4 is 0 Å². The summed E-state index contributed by atoms with van der Waals surface area (Å²) in [6, 6.07) is 12.1. The molecule has 0 saturated carbocycles. The molecule has 2 heterocycles. The summed E-state index contributed by atoms with van der Waals surface area (Å²) in [5.74, 6) is 0.0649. The van der Waals surface area contributed by atoms with E-state index in [0.29, 0.717) is 5.56 Å². The van der Waals surface area contributed by atoms with E-state index >= 15 is 0 Å². The maximum atomic E-state index is 12.5. The monoisotopic (exact) mass is 252 g/mol. The summed E-state index contributed by atoms with van der Waals surface area (Å²) in [7, 11) is 0. The normalized spacial score (nSPS) is 17.9. The lowest BCUT2D eigenvalue weighted by Crippen LogP contribution is -2.38. The summed E-state index contributed by atoms with van der Waals surface area (Å²) < 4.78 is 0. The molecule has 2 aromatic rings. The Morgan fingerprint density at radius 2 is 2.11 bits per heavy atom. The van der Waals surface area contributed by atoms with Crippen molar-refractivity contribution in [3.05, 3.63) is 65.5 Å². The highest BCUT2D eigenvalue weighted by Gasteiger charge is 2.27. The molecule has 0 saturated heterocycles. The van der Waals surface area contributed by atoms with Gasteiger partial charge in [0.25, 0.3) is 5.91 Å². The van der Waals surface area contributed by atoms with Crippen molar-refractivity contribution in [1.82, 2.24) is 9.88 Å². The molecule has 1 aromatic heterocycles. The van der Waals surface area contributed by atoms with E-state index < -0.39 is 0 Å². The van der Waals surface area contributed by atoms with Gasteiger partial charge in [-0.25, -0.2) is 0 Å². The van der Waals surface area contributed by atoms with E-state index in [1.165, 1.54) is 11.1 Å². The highest BCUT2D eigenvalue weighted by Crippen LogP contribution is 2.30. The van der Waals surface area contributed by atoms with Gasteiger partial charge in [-0.1, -0.05) is 24.3 Å². The number of hydrogen-bond acceptors (Lipinski definition) is 2. The van der Waals surface area contributed by atoms with Crippen LogP contribution in [0.5, 0.6) is 0 Å². The van der Waals surface area contributed by atoms with Crippen molar-refractivity contribution in [1.29, 1.82) is 0 Å². The molecule has 0 N–H and O–H groups in total. The molecule has 1 atom stereocenters. The average Bonchev–Trinajstić information content (AvgIpc) is 2.48. The van der Waals surface area contributed by atoms with E-state index in [1.54, 1.807) is 18.5 Å². The average molecular weight is 252 g/mol. The van der Waals surface area contributed by atoms with Gasteiger partial charge in [0, 0.05) is 18.9 Å². The minimum Gasteiger partial charge on any atom is -0.331 e. The summed E-state index contributed by atoms with van der Waals surface area (Å²) in [5, 5.41) is 0. The number of benzene rings is 1. The van der Waals surface area contributed by atoms with E-state index in [2.05, 4.69) is 30.1 Å². The third kappa shape index (κ3) is 2.12. The fourth-order valence-corrected chi connectivity index (χ4v) is 2.70. The largest absolute Gasteiger partial charge is 0.331 e. The van der Waals surface area contributed by atoms with Crippen LogP contribution in [0.15, 0.2) is 48.8 Å². The van der Waals surface area contributed by atoms with Gasteiger partial charge in [-0.05, 0) is 36.6 Å². The molecule has 3 heteroatoms. The molecule has 0 aliphatic carbocycles. The third-order valence-electron chi connectivity index (χ3n) is 3.76. The predicted molar refractivity (Wildman–Crippen MR) is 73.8 cm³/mol. The zero-order chi connectivity index (χ0) is 13.2. The molecule has 0 fully saturated rings. The molecule has 3 nitrogen and oxygen atoms in total. The van der Waals surface area contributed by atoms with E-state index in [9.17, 15) is 4.79 Å². The Balaban J connectivity index is 1.90. The van der Waals surface area contributed by atoms with Gasteiger partial charge in [0.1, 0.15) is 0 Å². The maximum absolute atomic E-state index is 12.5. The fourth-order valence-electron chi connectivity index (χ4n) is 2.70.